The van der Waals surface area contributed by atoms with Gasteiger partial charge >= 0.3 is 6.09 Å². The highest BCUT2D eigenvalue weighted by Gasteiger charge is 2.34. The molecule has 0 saturated carbocycles. The lowest BCUT2D eigenvalue weighted by Crippen LogP contribution is -2.41. The smallest absolute Gasteiger partial charge is 0.410 e. The summed E-state index contributed by atoms with van der Waals surface area (Å²) in [5, 5.41) is 1.91. The summed E-state index contributed by atoms with van der Waals surface area (Å²) < 4.78 is 5.25. The van der Waals surface area contributed by atoms with E-state index in [1.165, 1.54) is 10.9 Å². The lowest BCUT2D eigenvalue weighted by atomic mass is 9.92. The van der Waals surface area contributed by atoms with Crippen LogP contribution in [0.3, 0.4) is 0 Å². The summed E-state index contributed by atoms with van der Waals surface area (Å²) in [5.74, 6) is 0.484. The van der Waals surface area contributed by atoms with Gasteiger partial charge < -0.3 is 9.72 Å². The van der Waals surface area contributed by atoms with Crippen molar-refractivity contribution in [2.75, 3.05) is 13.2 Å². The second-order valence-corrected chi connectivity index (χ2v) is 6.93. The quantitative estimate of drug-likeness (QED) is 0.865. The van der Waals surface area contributed by atoms with Crippen LogP contribution in [0, 0.1) is 5.92 Å². The highest BCUT2D eigenvalue weighted by molar-refractivity contribution is 6.31. The number of benzene rings is 1. The summed E-state index contributed by atoms with van der Waals surface area (Å²) in [7, 11) is 0. The molecule has 0 fully saturated rings. The highest BCUT2D eigenvalue weighted by Crippen LogP contribution is 2.38. The van der Waals surface area contributed by atoms with Crippen LogP contribution in [0.4, 0.5) is 4.79 Å². The van der Waals surface area contributed by atoms with E-state index < -0.39 is 0 Å². The molecule has 1 aliphatic rings. The first-order chi connectivity index (χ1) is 11.0. The van der Waals surface area contributed by atoms with Gasteiger partial charge in [0.2, 0.25) is 0 Å². The minimum absolute atomic E-state index is 0.0315. The van der Waals surface area contributed by atoms with Crippen molar-refractivity contribution in [3.8, 4) is 0 Å². The zero-order valence-electron chi connectivity index (χ0n) is 13.9. The van der Waals surface area contributed by atoms with Crippen LogP contribution in [0.25, 0.3) is 10.9 Å². The van der Waals surface area contributed by atoms with Crippen LogP contribution in [0.15, 0.2) is 18.2 Å². The maximum atomic E-state index is 12.3. The maximum Gasteiger partial charge on any atom is 0.410 e. The molecule has 1 aliphatic heterocycles. The van der Waals surface area contributed by atoms with Crippen molar-refractivity contribution in [2.45, 2.75) is 39.7 Å². The third-order valence-electron chi connectivity index (χ3n) is 4.41. The minimum atomic E-state index is -0.222. The Balaban J connectivity index is 2.05. The summed E-state index contributed by atoms with van der Waals surface area (Å²) in [6.07, 6.45) is 1.51. The second kappa shape index (κ2) is 6.44. The van der Waals surface area contributed by atoms with Crippen LogP contribution in [0.5, 0.6) is 0 Å². The van der Waals surface area contributed by atoms with Gasteiger partial charge in [-0.05, 0) is 49.4 Å². The standard InChI is InChI=1S/C18H23ClN2O2/c1-4-23-18(22)21-8-7-13-14-10-12(19)5-6-15(14)20-17(13)16(21)9-11(2)3/h5-6,10-11,16,20H,4,7-9H2,1-3H3. The van der Waals surface area contributed by atoms with E-state index in [2.05, 4.69) is 18.8 Å². The predicted octanol–water partition coefficient (Wildman–Crippen LogP) is 4.92. The molecule has 1 N–H and O–H groups in total. The van der Waals surface area contributed by atoms with E-state index in [0.717, 1.165) is 29.1 Å². The molecule has 0 saturated heterocycles. The van der Waals surface area contributed by atoms with Gasteiger partial charge in [0.25, 0.3) is 0 Å². The molecule has 0 radical (unpaired) electrons. The number of carbonyl (C=O) groups is 1. The molecule has 0 bridgehead atoms. The zero-order valence-corrected chi connectivity index (χ0v) is 14.6. The number of halogens is 1. The number of nitrogens with zero attached hydrogens (tertiary/aromatic N) is 1. The van der Waals surface area contributed by atoms with Gasteiger partial charge in [-0.2, -0.15) is 0 Å². The molecule has 4 nitrogen and oxygen atoms in total. The molecule has 124 valence electrons. The van der Waals surface area contributed by atoms with Gasteiger partial charge in [-0.15, -0.1) is 0 Å². The molecular formula is C18H23ClN2O2. The van der Waals surface area contributed by atoms with Gasteiger partial charge in [0.05, 0.1) is 12.6 Å². The summed E-state index contributed by atoms with van der Waals surface area (Å²) in [4.78, 5) is 17.7. The van der Waals surface area contributed by atoms with E-state index in [9.17, 15) is 4.79 Å². The molecule has 5 heteroatoms. The normalized spacial score (nSPS) is 17.6. The molecule has 23 heavy (non-hydrogen) atoms. The number of carbonyl (C=O) groups excluding carboxylic acids is 1. The van der Waals surface area contributed by atoms with Crippen molar-refractivity contribution < 1.29 is 9.53 Å². The summed E-state index contributed by atoms with van der Waals surface area (Å²) in [6.45, 7) is 7.28. The van der Waals surface area contributed by atoms with Gasteiger partial charge in [-0.3, -0.25) is 4.90 Å². The van der Waals surface area contributed by atoms with E-state index >= 15 is 0 Å². The molecule has 1 unspecified atom stereocenters. The third kappa shape index (κ3) is 3.05. The monoisotopic (exact) mass is 334 g/mol. The summed E-state index contributed by atoms with van der Waals surface area (Å²) in [6, 6.07) is 5.95. The van der Waals surface area contributed by atoms with Crippen molar-refractivity contribution >= 4 is 28.6 Å². The van der Waals surface area contributed by atoms with Gasteiger partial charge in [0.15, 0.2) is 0 Å². The van der Waals surface area contributed by atoms with E-state index in [-0.39, 0.29) is 12.1 Å². The van der Waals surface area contributed by atoms with Crippen LogP contribution in [0.2, 0.25) is 5.02 Å². The van der Waals surface area contributed by atoms with Crippen molar-refractivity contribution in [3.63, 3.8) is 0 Å². The van der Waals surface area contributed by atoms with Crippen LogP contribution in [0.1, 0.15) is 44.5 Å². The largest absolute Gasteiger partial charge is 0.450 e. The van der Waals surface area contributed by atoms with Crippen LogP contribution >= 0.6 is 11.6 Å². The fourth-order valence-electron chi connectivity index (χ4n) is 3.45. The number of hydrogen-bond acceptors (Lipinski definition) is 2. The van der Waals surface area contributed by atoms with Crippen molar-refractivity contribution in [1.82, 2.24) is 9.88 Å². The van der Waals surface area contributed by atoms with Crippen molar-refractivity contribution in [2.24, 2.45) is 5.92 Å². The Kier molecular flexibility index (Phi) is 4.53. The number of H-pyrrole nitrogens is 1. The number of ether oxygens (including phenoxy) is 1. The average molecular weight is 335 g/mol. The van der Waals surface area contributed by atoms with Crippen molar-refractivity contribution in [1.29, 1.82) is 0 Å². The van der Waals surface area contributed by atoms with Gasteiger partial charge in [0, 0.05) is 28.2 Å². The molecule has 2 aromatic rings. The summed E-state index contributed by atoms with van der Waals surface area (Å²) >= 11 is 6.16. The van der Waals surface area contributed by atoms with Gasteiger partial charge in [-0.25, -0.2) is 4.79 Å². The number of hydrogen-bond donors (Lipinski definition) is 1. The Morgan fingerprint density at radius 3 is 2.96 bits per heavy atom. The lowest BCUT2D eigenvalue weighted by Gasteiger charge is -2.36. The van der Waals surface area contributed by atoms with Crippen LogP contribution < -0.4 is 0 Å². The first kappa shape index (κ1) is 16.2. The van der Waals surface area contributed by atoms with E-state index in [1.807, 2.05) is 30.0 Å². The number of rotatable bonds is 3. The fourth-order valence-corrected chi connectivity index (χ4v) is 3.63. The molecule has 2 heterocycles. The molecule has 3 rings (SSSR count). The topological polar surface area (TPSA) is 45.3 Å². The van der Waals surface area contributed by atoms with Crippen molar-refractivity contribution in [3.05, 3.63) is 34.5 Å². The third-order valence-corrected chi connectivity index (χ3v) is 4.65. The molecule has 1 aromatic heterocycles. The lowest BCUT2D eigenvalue weighted by molar-refractivity contribution is 0.0806. The van der Waals surface area contributed by atoms with E-state index in [4.69, 9.17) is 16.3 Å². The molecule has 0 spiro atoms. The number of aromatic nitrogens is 1. The van der Waals surface area contributed by atoms with E-state index in [1.54, 1.807) is 0 Å². The Morgan fingerprint density at radius 2 is 2.26 bits per heavy atom. The Hall–Kier alpha value is -1.68. The Bertz CT molecular complexity index is 723. The average Bonchev–Trinajstić information content (AvgIpc) is 2.86. The number of nitrogens with one attached hydrogen (secondary N) is 1. The maximum absolute atomic E-state index is 12.3. The first-order valence-electron chi connectivity index (χ1n) is 8.24. The van der Waals surface area contributed by atoms with E-state index in [0.29, 0.717) is 19.1 Å². The number of amides is 1. The minimum Gasteiger partial charge on any atom is -0.450 e. The predicted molar refractivity (Wildman–Crippen MR) is 92.9 cm³/mol. The van der Waals surface area contributed by atoms with Crippen LogP contribution in [-0.4, -0.2) is 29.1 Å². The van der Waals surface area contributed by atoms with Gasteiger partial charge in [0.1, 0.15) is 0 Å². The molecule has 1 atom stereocenters. The molecule has 1 amide bonds. The molecular weight excluding hydrogens is 312 g/mol. The molecule has 1 aromatic carbocycles. The molecule has 0 aliphatic carbocycles. The highest BCUT2D eigenvalue weighted by atomic mass is 35.5. The van der Waals surface area contributed by atoms with Crippen LogP contribution in [-0.2, 0) is 11.2 Å². The SMILES string of the molecule is CCOC(=O)N1CCc2c([nH]c3ccc(Cl)cc23)C1CC(C)C. The Labute approximate surface area is 141 Å². The zero-order chi connectivity index (χ0) is 16.6. The number of fused-ring (bicyclic) bond motifs is 3. The Morgan fingerprint density at radius 1 is 1.48 bits per heavy atom. The summed E-state index contributed by atoms with van der Waals surface area (Å²) in [5.41, 5.74) is 3.50. The second-order valence-electron chi connectivity index (χ2n) is 6.49. The fraction of sp³-hybridized carbons (Fsp3) is 0.500. The number of aromatic amines is 1. The first-order valence-corrected chi connectivity index (χ1v) is 8.62. The van der Waals surface area contributed by atoms with Gasteiger partial charge in [-0.1, -0.05) is 25.4 Å².